The van der Waals surface area contributed by atoms with Crippen LogP contribution in [0.25, 0.3) is 6.08 Å². The van der Waals surface area contributed by atoms with Crippen molar-refractivity contribution in [1.82, 2.24) is 9.78 Å². The molecule has 2 aromatic carbocycles. The molecule has 154 valence electrons. The second-order valence-electron chi connectivity index (χ2n) is 6.93. The van der Waals surface area contributed by atoms with Crippen LogP contribution in [0.4, 0.5) is 0 Å². The van der Waals surface area contributed by atoms with Crippen LogP contribution in [0.5, 0.6) is 0 Å². The van der Waals surface area contributed by atoms with Crippen LogP contribution in [0, 0.1) is 32.1 Å². The molecule has 0 saturated heterocycles. The summed E-state index contributed by atoms with van der Waals surface area (Å²) in [7, 11) is -4.14. The van der Waals surface area contributed by atoms with E-state index in [4.69, 9.17) is 23.2 Å². The van der Waals surface area contributed by atoms with Gasteiger partial charge in [0.2, 0.25) is 9.84 Å². The average molecular weight is 460 g/mol. The van der Waals surface area contributed by atoms with Crippen molar-refractivity contribution in [3.8, 4) is 6.07 Å². The van der Waals surface area contributed by atoms with Gasteiger partial charge < -0.3 is 0 Å². The Kier molecular flexibility index (Phi) is 6.37. The van der Waals surface area contributed by atoms with E-state index in [2.05, 4.69) is 5.10 Å². The molecule has 1 aromatic heterocycles. The highest BCUT2D eigenvalue weighted by Gasteiger charge is 2.25. The molecule has 3 rings (SSSR count). The monoisotopic (exact) mass is 459 g/mol. The third-order valence-electron chi connectivity index (χ3n) is 4.75. The molecule has 8 heteroatoms. The standard InChI is InChI=1S/C22H19Cl2N3O2S/c1-14-4-6-17(7-5-14)13-27-16(3)20(15(2)26-27)11-19(12-25)30(28,29)22-10-18(23)8-9-21(22)24/h4-11H,13H2,1-3H3/b19-11+. The predicted octanol–water partition coefficient (Wildman–Crippen LogP) is 5.50. The van der Waals surface area contributed by atoms with E-state index in [1.54, 1.807) is 17.7 Å². The lowest BCUT2D eigenvalue weighted by atomic mass is 10.1. The Labute approximate surface area is 186 Å². The SMILES string of the molecule is Cc1ccc(Cn2nc(C)c(/C=C(\C#N)S(=O)(=O)c3cc(Cl)ccc3Cl)c2C)cc1. The van der Waals surface area contributed by atoms with Crippen LogP contribution in [0.15, 0.2) is 52.3 Å². The maximum atomic E-state index is 13.0. The molecule has 0 N–H and O–H groups in total. The fraction of sp³-hybridized carbons (Fsp3) is 0.182. The minimum Gasteiger partial charge on any atom is -0.265 e. The molecule has 0 amide bonds. The van der Waals surface area contributed by atoms with Gasteiger partial charge in [-0.15, -0.1) is 0 Å². The van der Waals surface area contributed by atoms with Crippen molar-refractivity contribution < 1.29 is 8.42 Å². The van der Waals surface area contributed by atoms with E-state index in [0.29, 0.717) is 17.8 Å². The number of sulfone groups is 1. The fourth-order valence-corrected chi connectivity index (χ4v) is 4.94. The van der Waals surface area contributed by atoms with Gasteiger partial charge in [-0.25, -0.2) is 8.42 Å². The summed E-state index contributed by atoms with van der Waals surface area (Å²) in [5.41, 5.74) is 4.20. The number of nitrogens with zero attached hydrogens (tertiary/aromatic N) is 3. The minimum atomic E-state index is -4.14. The molecular weight excluding hydrogens is 441 g/mol. The smallest absolute Gasteiger partial charge is 0.218 e. The van der Waals surface area contributed by atoms with Gasteiger partial charge in [-0.2, -0.15) is 10.4 Å². The van der Waals surface area contributed by atoms with Gasteiger partial charge in [-0.1, -0.05) is 53.0 Å². The van der Waals surface area contributed by atoms with Gasteiger partial charge in [-0.05, 0) is 50.6 Å². The van der Waals surface area contributed by atoms with Gasteiger partial charge in [-0.3, -0.25) is 4.68 Å². The molecular formula is C22H19Cl2N3O2S. The molecule has 0 unspecified atom stereocenters. The van der Waals surface area contributed by atoms with Crippen LogP contribution in [0.2, 0.25) is 10.0 Å². The molecule has 5 nitrogen and oxygen atoms in total. The van der Waals surface area contributed by atoms with E-state index in [1.165, 1.54) is 29.8 Å². The number of aromatic nitrogens is 2. The van der Waals surface area contributed by atoms with E-state index in [-0.39, 0.29) is 14.9 Å². The van der Waals surface area contributed by atoms with Crippen LogP contribution in [-0.4, -0.2) is 18.2 Å². The molecule has 0 bridgehead atoms. The molecule has 0 atom stereocenters. The summed E-state index contributed by atoms with van der Waals surface area (Å²) in [6, 6.07) is 14.0. The van der Waals surface area contributed by atoms with Crippen molar-refractivity contribution in [1.29, 1.82) is 5.26 Å². The number of aryl methyl sites for hydroxylation is 2. The summed E-state index contributed by atoms with van der Waals surface area (Å²) < 4.78 is 27.9. The Balaban J connectivity index is 2.04. The maximum Gasteiger partial charge on any atom is 0.218 e. The van der Waals surface area contributed by atoms with Gasteiger partial charge in [0.05, 0.1) is 22.2 Å². The fourth-order valence-electron chi connectivity index (χ4n) is 3.04. The topological polar surface area (TPSA) is 75.8 Å². The van der Waals surface area contributed by atoms with Gasteiger partial charge >= 0.3 is 0 Å². The zero-order valence-electron chi connectivity index (χ0n) is 16.6. The molecule has 0 radical (unpaired) electrons. The Bertz CT molecular complexity index is 1290. The molecule has 3 aromatic rings. The largest absolute Gasteiger partial charge is 0.265 e. The van der Waals surface area contributed by atoms with Gasteiger partial charge in [0, 0.05) is 16.3 Å². The Hall–Kier alpha value is -2.59. The Morgan fingerprint density at radius 3 is 2.43 bits per heavy atom. The van der Waals surface area contributed by atoms with E-state index >= 15 is 0 Å². The van der Waals surface area contributed by atoms with E-state index < -0.39 is 14.7 Å². The Morgan fingerprint density at radius 1 is 1.13 bits per heavy atom. The zero-order valence-corrected chi connectivity index (χ0v) is 19.0. The van der Waals surface area contributed by atoms with Crippen molar-refractivity contribution in [2.75, 3.05) is 0 Å². The number of hydrogen-bond donors (Lipinski definition) is 0. The second kappa shape index (κ2) is 8.65. The first-order valence-corrected chi connectivity index (χ1v) is 11.3. The lowest BCUT2D eigenvalue weighted by Gasteiger charge is -2.07. The molecule has 0 spiro atoms. The van der Waals surface area contributed by atoms with Crippen LogP contribution < -0.4 is 0 Å². The van der Waals surface area contributed by atoms with Crippen molar-refractivity contribution in [2.24, 2.45) is 0 Å². The summed E-state index contributed by atoms with van der Waals surface area (Å²) in [4.78, 5) is -0.625. The van der Waals surface area contributed by atoms with E-state index in [9.17, 15) is 13.7 Å². The Morgan fingerprint density at radius 2 is 1.80 bits per heavy atom. The third-order valence-corrected chi connectivity index (χ3v) is 7.13. The average Bonchev–Trinajstić information content (AvgIpc) is 2.96. The summed E-state index contributed by atoms with van der Waals surface area (Å²) in [5, 5.41) is 14.3. The molecule has 0 fully saturated rings. The summed E-state index contributed by atoms with van der Waals surface area (Å²) in [5.74, 6) is 0. The summed E-state index contributed by atoms with van der Waals surface area (Å²) in [6.07, 6.45) is 1.34. The highest BCUT2D eigenvalue weighted by Crippen LogP contribution is 2.31. The number of benzene rings is 2. The normalized spacial score (nSPS) is 12.1. The summed E-state index contributed by atoms with van der Waals surface area (Å²) >= 11 is 12.0. The number of allylic oxidation sites excluding steroid dienone is 1. The van der Waals surface area contributed by atoms with E-state index in [1.807, 2.05) is 38.1 Å². The molecule has 0 aliphatic rings. The molecule has 1 heterocycles. The second-order valence-corrected chi connectivity index (χ2v) is 9.66. The van der Waals surface area contributed by atoms with Crippen LogP contribution in [-0.2, 0) is 16.4 Å². The summed E-state index contributed by atoms with van der Waals surface area (Å²) in [6.45, 7) is 6.17. The van der Waals surface area contributed by atoms with Crippen molar-refractivity contribution in [3.05, 3.63) is 85.5 Å². The first kappa shape index (κ1) is 22.1. The van der Waals surface area contributed by atoms with Gasteiger partial charge in [0.15, 0.2) is 0 Å². The van der Waals surface area contributed by atoms with Crippen molar-refractivity contribution in [2.45, 2.75) is 32.2 Å². The third kappa shape index (κ3) is 4.44. The first-order valence-electron chi connectivity index (χ1n) is 9.05. The highest BCUT2D eigenvalue weighted by molar-refractivity contribution is 7.95. The van der Waals surface area contributed by atoms with E-state index in [0.717, 1.165) is 11.3 Å². The highest BCUT2D eigenvalue weighted by atomic mass is 35.5. The zero-order chi connectivity index (χ0) is 22.1. The van der Waals surface area contributed by atoms with Crippen LogP contribution in [0.3, 0.4) is 0 Å². The van der Waals surface area contributed by atoms with Crippen molar-refractivity contribution in [3.63, 3.8) is 0 Å². The maximum absolute atomic E-state index is 13.0. The molecule has 0 aliphatic heterocycles. The molecule has 0 saturated carbocycles. The first-order chi connectivity index (χ1) is 14.1. The van der Waals surface area contributed by atoms with Crippen LogP contribution in [0.1, 0.15) is 28.1 Å². The predicted molar refractivity (Wildman–Crippen MR) is 119 cm³/mol. The molecule has 0 aliphatic carbocycles. The quantitative estimate of drug-likeness (QED) is 0.471. The number of nitriles is 1. The van der Waals surface area contributed by atoms with Crippen molar-refractivity contribution >= 4 is 39.1 Å². The number of hydrogen-bond acceptors (Lipinski definition) is 4. The lowest BCUT2D eigenvalue weighted by Crippen LogP contribution is -2.05. The minimum absolute atomic E-state index is 0.00376. The lowest BCUT2D eigenvalue weighted by molar-refractivity contribution is 0.603. The van der Waals surface area contributed by atoms with Gasteiger partial charge in [0.1, 0.15) is 11.0 Å². The number of rotatable bonds is 5. The number of halogens is 2. The molecule has 30 heavy (non-hydrogen) atoms. The van der Waals surface area contributed by atoms with Gasteiger partial charge in [0.25, 0.3) is 0 Å². The van der Waals surface area contributed by atoms with Crippen LogP contribution >= 0.6 is 23.2 Å².